The van der Waals surface area contributed by atoms with E-state index in [9.17, 15) is 14.4 Å². The van der Waals surface area contributed by atoms with Gasteiger partial charge in [-0.2, -0.15) is 0 Å². The van der Waals surface area contributed by atoms with Crippen LogP contribution in [0.5, 0.6) is 0 Å². The Morgan fingerprint density at radius 2 is 2.08 bits per heavy atom. The SMILES string of the molecule is CC(C)CC1C(=O)NCCCN1C(=O)Cn1c(=O)cnc2ccccc21. The standard InChI is InChI=1S/C19H24N4O3/c1-13(2)10-16-19(26)20-8-5-9-22(16)18(25)12-23-15-7-4-3-6-14(15)21-11-17(23)24/h3-4,6-7,11,13,16H,5,8-10,12H2,1-2H3,(H,20,26). The third-order valence-electron chi connectivity index (χ3n) is 4.61. The minimum Gasteiger partial charge on any atom is -0.354 e. The molecule has 1 aromatic heterocycles. The summed E-state index contributed by atoms with van der Waals surface area (Å²) in [6.07, 6.45) is 2.54. The second kappa shape index (κ2) is 7.68. The summed E-state index contributed by atoms with van der Waals surface area (Å²) in [7, 11) is 0. The molecule has 1 aliphatic rings. The molecular formula is C19H24N4O3. The highest BCUT2D eigenvalue weighted by Crippen LogP contribution is 2.16. The summed E-state index contributed by atoms with van der Waals surface area (Å²) in [4.78, 5) is 43.5. The van der Waals surface area contributed by atoms with Crippen LogP contribution in [-0.2, 0) is 16.1 Å². The van der Waals surface area contributed by atoms with Crippen LogP contribution < -0.4 is 10.9 Å². The van der Waals surface area contributed by atoms with Crippen molar-refractivity contribution in [1.82, 2.24) is 19.8 Å². The first-order valence-corrected chi connectivity index (χ1v) is 8.99. The van der Waals surface area contributed by atoms with Crippen LogP contribution >= 0.6 is 0 Å². The molecule has 26 heavy (non-hydrogen) atoms. The summed E-state index contributed by atoms with van der Waals surface area (Å²) in [6.45, 7) is 5.04. The topological polar surface area (TPSA) is 84.3 Å². The Kier molecular flexibility index (Phi) is 5.35. The zero-order valence-electron chi connectivity index (χ0n) is 15.1. The number of fused-ring (bicyclic) bond motifs is 1. The average Bonchev–Trinajstić information content (AvgIpc) is 2.79. The number of hydrogen-bond acceptors (Lipinski definition) is 4. The van der Waals surface area contributed by atoms with E-state index in [1.54, 1.807) is 17.0 Å². The molecule has 138 valence electrons. The number of para-hydroxylation sites is 2. The molecule has 1 saturated heterocycles. The molecule has 3 rings (SSSR count). The first-order chi connectivity index (χ1) is 12.5. The van der Waals surface area contributed by atoms with Crippen LogP contribution in [-0.4, -0.2) is 45.4 Å². The molecule has 0 spiro atoms. The Labute approximate surface area is 152 Å². The van der Waals surface area contributed by atoms with Crippen LogP contribution in [0.25, 0.3) is 11.0 Å². The van der Waals surface area contributed by atoms with Crippen molar-refractivity contribution in [3.63, 3.8) is 0 Å². The van der Waals surface area contributed by atoms with E-state index in [-0.39, 0.29) is 29.8 Å². The van der Waals surface area contributed by atoms with Crippen LogP contribution in [0.1, 0.15) is 26.7 Å². The molecule has 1 atom stereocenters. The van der Waals surface area contributed by atoms with Crippen LogP contribution in [0.15, 0.2) is 35.3 Å². The zero-order valence-corrected chi connectivity index (χ0v) is 15.1. The van der Waals surface area contributed by atoms with Gasteiger partial charge in [-0.3, -0.25) is 19.0 Å². The van der Waals surface area contributed by atoms with Gasteiger partial charge in [0.2, 0.25) is 11.8 Å². The van der Waals surface area contributed by atoms with E-state index in [1.807, 2.05) is 26.0 Å². The van der Waals surface area contributed by atoms with Gasteiger partial charge < -0.3 is 10.2 Å². The fourth-order valence-corrected chi connectivity index (χ4v) is 3.36. The second-order valence-electron chi connectivity index (χ2n) is 7.05. The molecule has 1 aromatic carbocycles. The summed E-state index contributed by atoms with van der Waals surface area (Å²) in [5.41, 5.74) is 0.956. The maximum Gasteiger partial charge on any atom is 0.269 e. The molecule has 2 heterocycles. The van der Waals surface area contributed by atoms with Gasteiger partial charge in [0.25, 0.3) is 5.56 Å². The van der Waals surface area contributed by atoms with E-state index in [0.29, 0.717) is 37.0 Å². The minimum atomic E-state index is -0.492. The van der Waals surface area contributed by atoms with E-state index in [4.69, 9.17) is 0 Å². The van der Waals surface area contributed by atoms with Crippen molar-refractivity contribution >= 4 is 22.8 Å². The van der Waals surface area contributed by atoms with Crippen molar-refractivity contribution in [2.24, 2.45) is 5.92 Å². The van der Waals surface area contributed by atoms with Gasteiger partial charge in [0.15, 0.2) is 0 Å². The molecule has 0 radical (unpaired) electrons. The van der Waals surface area contributed by atoms with E-state index < -0.39 is 6.04 Å². The molecule has 0 bridgehead atoms. The Morgan fingerprint density at radius 1 is 1.31 bits per heavy atom. The number of nitrogens with one attached hydrogen (secondary N) is 1. The van der Waals surface area contributed by atoms with E-state index in [2.05, 4.69) is 10.3 Å². The molecule has 2 amide bonds. The van der Waals surface area contributed by atoms with Crippen molar-refractivity contribution in [1.29, 1.82) is 0 Å². The number of nitrogens with zero attached hydrogens (tertiary/aromatic N) is 3. The molecule has 1 unspecified atom stereocenters. The third kappa shape index (κ3) is 3.76. The Hall–Kier alpha value is -2.70. The Morgan fingerprint density at radius 3 is 2.85 bits per heavy atom. The number of benzene rings is 1. The van der Waals surface area contributed by atoms with Gasteiger partial charge in [0.1, 0.15) is 12.6 Å². The van der Waals surface area contributed by atoms with Gasteiger partial charge in [0, 0.05) is 13.1 Å². The molecule has 1 N–H and O–H groups in total. The molecular weight excluding hydrogens is 332 g/mol. The third-order valence-corrected chi connectivity index (χ3v) is 4.61. The summed E-state index contributed by atoms with van der Waals surface area (Å²) < 4.78 is 1.43. The largest absolute Gasteiger partial charge is 0.354 e. The fraction of sp³-hybridized carbons (Fsp3) is 0.474. The zero-order chi connectivity index (χ0) is 18.7. The van der Waals surface area contributed by atoms with Gasteiger partial charge in [0.05, 0.1) is 17.2 Å². The smallest absolute Gasteiger partial charge is 0.269 e. The van der Waals surface area contributed by atoms with Gasteiger partial charge >= 0.3 is 0 Å². The summed E-state index contributed by atoms with van der Waals surface area (Å²) in [5.74, 6) is -0.0498. The van der Waals surface area contributed by atoms with Crippen LogP contribution in [0.4, 0.5) is 0 Å². The summed E-state index contributed by atoms with van der Waals surface area (Å²) >= 11 is 0. The average molecular weight is 356 g/mol. The van der Waals surface area contributed by atoms with Crippen molar-refractivity contribution in [2.45, 2.75) is 39.3 Å². The normalized spacial score (nSPS) is 18.0. The Bertz CT molecular complexity index is 874. The number of carbonyl (C=O) groups excluding carboxylic acids is 2. The van der Waals surface area contributed by atoms with Crippen LogP contribution in [0, 0.1) is 5.92 Å². The first-order valence-electron chi connectivity index (χ1n) is 8.99. The maximum atomic E-state index is 13.0. The number of carbonyl (C=O) groups is 2. The number of amides is 2. The lowest BCUT2D eigenvalue weighted by Crippen LogP contribution is -2.49. The van der Waals surface area contributed by atoms with E-state index in [0.717, 1.165) is 0 Å². The second-order valence-corrected chi connectivity index (χ2v) is 7.05. The number of hydrogen-bond donors (Lipinski definition) is 1. The highest BCUT2D eigenvalue weighted by molar-refractivity contribution is 5.88. The molecule has 2 aromatic rings. The lowest BCUT2D eigenvalue weighted by Gasteiger charge is -2.30. The highest BCUT2D eigenvalue weighted by atomic mass is 16.2. The van der Waals surface area contributed by atoms with Crippen LogP contribution in [0.3, 0.4) is 0 Å². The predicted octanol–water partition coefficient (Wildman–Crippen LogP) is 1.16. The minimum absolute atomic E-state index is 0.0935. The van der Waals surface area contributed by atoms with Gasteiger partial charge in [-0.15, -0.1) is 0 Å². The molecule has 1 fully saturated rings. The lowest BCUT2D eigenvalue weighted by molar-refractivity contribution is -0.140. The number of rotatable bonds is 4. The molecule has 0 saturated carbocycles. The van der Waals surface area contributed by atoms with Gasteiger partial charge in [-0.1, -0.05) is 26.0 Å². The van der Waals surface area contributed by atoms with Crippen molar-refractivity contribution in [3.8, 4) is 0 Å². The lowest BCUT2D eigenvalue weighted by atomic mass is 10.0. The quantitative estimate of drug-likeness (QED) is 0.891. The van der Waals surface area contributed by atoms with E-state index in [1.165, 1.54) is 10.8 Å². The molecule has 0 aliphatic carbocycles. The summed E-state index contributed by atoms with van der Waals surface area (Å²) in [6, 6.07) is 6.73. The fourth-order valence-electron chi connectivity index (χ4n) is 3.36. The first kappa shape index (κ1) is 18.1. The highest BCUT2D eigenvalue weighted by Gasteiger charge is 2.32. The summed E-state index contributed by atoms with van der Waals surface area (Å²) in [5, 5.41) is 2.88. The van der Waals surface area contributed by atoms with Crippen LogP contribution in [0.2, 0.25) is 0 Å². The van der Waals surface area contributed by atoms with E-state index >= 15 is 0 Å². The predicted molar refractivity (Wildman–Crippen MR) is 98.6 cm³/mol. The Balaban J connectivity index is 1.92. The van der Waals surface area contributed by atoms with Gasteiger partial charge in [-0.25, -0.2) is 4.98 Å². The molecule has 7 nitrogen and oxygen atoms in total. The van der Waals surface area contributed by atoms with Crippen molar-refractivity contribution in [3.05, 3.63) is 40.8 Å². The molecule has 1 aliphatic heterocycles. The van der Waals surface area contributed by atoms with Gasteiger partial charge in [-0.05, 0) is 30.9 Å². The number of aromatic nitrogens is 2. The maximum absolute atomic E-state index is 13.0. The molecule has 7 heteroatoms. The monoisotopic (exact) mass is 356 g/mol. The van der Waals surface area contributed by atoms with Crippen molar-refractivity contribution < 1.29 is 9.59 Å². The van der Waals surface area contributed by atoms with Crippen molar-refractivity contribution in [2.75, 3.05) is 13.1 Å².